The normalized spacial score (nSPS) is 10.7. The first kappa shape index (κ1) is 9.02. The zero-order valence-electron chi connectivity index (χ0n) is 7.28. The maximum absolute atomic E-state index is 11.2. The van der Waals surface area contributed by atoms with Crippen LogP contribution in [0.1, 0.15) is 10.4 Å². The number of carbonyl (C=O) groups is 1. The number of nitrogens with zero attached hydrogens (tertiary/aromatic N) is 1. The van der Waals surface area contributed by atoms with Crippen LogP contribution in [0.5, 0.6) is 0 Å². The van der Waals surface area contributed by atoms with Gasteiger partial charge in [-0.05, 0) is 12.1 Å². The first-order valence-corrected chi connectivity index (χ1v) is 4.25. The van der Waals surface area contributed by atoms with Gasteiger partial charge in [-0.15, -0.1) is 0 Å². The fourth-order valence-corrected chi connectivity index (χ4v) is 1.52. The molecule has 1 aromatic carbocycles. The van der Waals surface area contributed by atoms with E-state index >= 15 is 0 Å². The zero-order valence-corrected chi connectivity index (χ0v) is 8.04. The summed E-state index contributed by atoms with van der Waals surface area (Å²) < 4.78 is 6.19. The van der Waals surface area contributed by atoms with Crippen LogP contribution < -0.4 is 5.76 Å². The number of carbonyl (C=O) groups excluding carboxylic acids is 1. The van der Waals surface area contributed by atoms with Crippen LogP contribution in [-0.2, 0) is 7.05 Å². The first-order chi connectivity index (χ1) is 6.63. The molecule has 0 aliphatic rings. The Bertz CT molecular complexity index is 567. The molecule has 0 N–H and O–H groups in total. The molecule has 0 aliphatic carbocycles. The lowest BCUT2D eigenvalue weighted by Crippen LogP contribution is -2.08. The SMILES string of the molecule is Cn1c(=O)oc2c(C=O)cc(Cl)cc21. The van der Waals surface area contributed by atoms with E-state index in [4.69, 9.17) is 16.0 Å². The number of halogens is 1. The summed E-state index contributed by atoms with van der Waals surface area (Å²) in [7, 11) is 1.55. The number of aryl methyl sites for hydroxylation is 1. The third kappa shape index (κ3) is 1.15. The van der Waals surface area contributed by atoms with E-state index in [9.17, 15) is 9.59 Å². The van der Waals surface area contributed by atoms with Crippen molar-refractivity contribution in [3.05, 3.63) is 33.3 Å². The Morgan fingerprint density at radius 2 is 2.21 bits per heavy atom. The van der Waals surface area contributed by atoms with Gasteiger partial charge in [-0.2, -0.15) is 0 Å². The average molecular weight is 212 g/mol. The van der Waals surface area contributed by atoms with Gasteiger partial charge in [-0.1, -0.05) is 11.6 Å². The molecular formula is C9H6ClNO3. The van der Waals surface area contributed by atoms with Gasteiger partial charge in [0.2, 0.25) is 0 Å². The number of benzene rings is 1. The van der Waals surface area contributed by atoms with E-state index < -0.39 is 5.76 Å². The predicted octanol–water partition coefficient (Wildman–Crippen LogP) is 1.60. The summed E-state index contributed by atoms with van der Waals surface area (Å²) in [5, 5.41) is 0.399. The average Bonchev–Trinajstić information content (AvgIpc) is 2.43. The molecule has 14 heavy (non-hydrogen) atoms. The number of fused-ring (bicyclic) bond motifs is 1. The standard InChI is InChI=1S/C9H6ClNO3/c1-11-7-3-6(10)2-5(4-12)8(7)14-9(11)13/h2-4H,1H3. The van der Waals surface area contributed by atoms with Crippen molar-refractivity contribution in [2.45, 2.75) is 0 Å². The lowest BCUT2D eigenvalue weighted by molar-refractivity contribution is 0.112. The Labute approximate surface area is 83.7 Å². The number of aromatic nitrogens is 1. The number of oxazole rings is 1. The summed E-state index contributed by atoms with van der Waals surface area (Å²) in [6.07, 6.45) is 0.608. The second kappa shape index (κ2) is 2.99. The highest BCUT2D eigenvalue weighted by Crippen LogP contribution is 2.21. The quantitative estimate of drug-likeness (QED) is 0.674. The van der Waals surface area contributed by atoms with Gasteiger partial charge in [0.1, 0.15) is 0 Å². The largest absolute Gasteiger partial charge is 0.419 e. The molecule has 0 fully saturated rings. The lowest BCUT2D eigenvalue weighted by atomic mass is 10.2. The molecular weight excluding hydrogens is 206 g/mol. The summed E-state index contributed by atoms with van der Waals surface area (Å²) in [6.45, 7) is 0. The summed E-state index contributed by atoms with van der Waals surface area (Å²) >= 11 is 5.77. The van der Waals surface area contributed by atoms with Crippen LogP contribution in [0, 0.1) is 0 Å². The highest BCUT2D eigenvalue weighted by molar-refractivity contribution is 6.31. The molecule has 4 nitrogen and oxygen atoms in total. The Kier molecular flexibility index (Phi) is 1.93. The van der Waals surface area contributed by atoms with Crippen molar-refractivity contribution in [2.75, 3.05) is 0 Å². The number of hydrogen-bond acceptors (Lipinski definition) is 3. The van der Waals surface area contributed by atoms with Gasteiger partial charge in [0, 0.05) is 12.1 Å². The molecule has 0 saturated heterocycles. The molecule has 0 bridgehead atoms. The molecule has 0 saturated carbocycles. The maximum atomic E-state index is 11.2. The van der Waals surface area contributed by atoms with Crippen LogP contribution in [0.3, 0.4) is 0 Å². The van der Waals surface area contributed by atoms with Gasteiger partial charge in [0.25, 0.3) is 0 Å². The van der Waals surface area contributed by atoms with Crippen molar-refractivity contribution in [2.24, 2.45) is 7.05 Å². The minimum atomic E-state index is -0.509. The van der Waals surface area contributed by atoms with Gasteiger partial charge in [0.05, 0.1) is 11.1 Å². The Hall–Kier alpha value is -1.55. The van der Waals surface area contributed by atoms with E-state index in [0.29, 0.717) is 16.8 Å². The zero-order chi connectivity index (χ0) is 10.3. The van der Waals surface area contributed by atoms with Gasteiger partial charge in [-0.25, -0.2) is 4.79 Å². The Morgan fingerprint density at radius 1 is 1.50 bits per heavy atom. The minimum absolute atomic E-state index is 0.275. The van der Waals surface area contributed by atoms with Crippen LogP contribution in [-0.4, -0.2) is 10.9 Å². The van der Waals surface area contributed by atoms with Crippen molar-refractivity contribution in [3.8, 4) is 0 Å². The monoisotopic (exact) mass is 211 g/mol. The molecule has 0 aliphatic heterocycles. The van der Waals surface area contributed by atoms with Crippen molar-refractivity contribution >= 4 is 29.0 Å². The molecule has 2 aromatic rings. The third-order valence-electron chi connectivity index (χ3n) is 2.01. The van der Waals surface area contributed by atoms with Crippen LogP contribution in [0.15, 0.2) is 21.3 Å². The number of hydrogen-bond donors (Lipinski definition) is 0. The van der Waals surface area contributed by atoms with Crippen LogP contribution in [0.4, 0.5) is 0 Å². The van der Waals surface area contributed by atoms with Crippen molar-refractivity contribution in [3.63, 3.8) is 0 Å². The predicted molar refractivity (Wildman–Crippen MR) is 51.9 cm³/mol. The lowest BCUT2D eigenvalue weighted by Gasteiger charge is -1.95. The van der Waals surface area contributed by atoms with Gasteiger partial charge in [0.15, 0.2) is 11.9 Å². The maximum Gasteiger partial charge on any atom is 0.419 e. The summed E-state index contributed by atoms with van der Waals surface area (Å²) in [4.78, 5) is 21.8. The number of rotatable bonds is 1. The Morgan fingerprint density at radius 3 is 2.86 bits per heavy atom. The fraction of sp³-hybridized carbons (Fsp3) is 0.111. The second-order valence-corrected chi connectivity index (χ2v) is 3.32. The van der Waals surface area contributed by atoms with Gasteiger partial charge < -0.3 is 4.42 Å². The molecule has 0 amide bonds. The van der Waals surface area contributed by atoms with Crippen LogP contribution in [0.2, 0.25) is 5.02 Å². The molecule has 5 heteroatoms. The van der Waals surface area contributed by atoms with Crippen molar-refractivity contribution in [1.29, 1.82) is 0 Å². The van der Waals surface area contributed by atoms with E-state index in [1.165, 1.54) is 10.6 Å². The highest BCUT2D eigenvalue weighted by Gasteiger charge is 2.11. The second-order valence-electron chi connectivity index (χ2n) is 2.89. The fourth-order valence-electron chi connectivity index (χ4n) is 1.30. The van der Waals surface area contributed by atoms with E-state index in [2.05, 4.69) is 0 Å². The van der Waals surface area contributed by atoms with Gasteiger partial charge >= 0.3 is 5.76 Å². The van der Waals surface area contributed by atoms with E-state index in [1.54, 1.807) is 13.1 Å². The van der Waals surface area contributed by atoms with Crippen LogP contribution in [0.25, 0.3) is 11.1 Å². The number of aldehydes is 1. The summed E-state index contributed by atoms with van der Waals surface area (Å²) in [6, 6.07) is 3.04. The molecule has 72 valence electrons. The van der Waals surface area contributed by atoms with E-state index in [1.807, 2.05) is 0 Å². The van der Waals surface area contributed by atoms with E-state index in [0.717, 1.165) is 0 Å². The highest BCUT2D eigenvalue weighted by atomic mass is 35.5. The minimum Gasteiger partial charge on any atom is -0.407 e. The molecule has 1 aromatic heterocycles. The summed E-state index contributed by atoms with van der Waals surface area (Å²) in [5.74, 6) is -0.509. The van der Waals surface area contributed by atoms with Crippen LogP contribution >= 0.6 is 11.6 Å². The molecule has 0 spiro atoms. The van der Waals surface area contributed by atoms with Gasteiger partial charge in [-0.3, -0.25) is 9.36 Å². The first-order valence-electron chi connectivity index (χ1n) is 3.87. The van der Waals surface area contributed by atoms with Crippen molar-refractivity contribution in [1.82, 2.24) is 4.57 Å². The molecule has 1 heterocycles. The summed E-state index contributed by atoms with van der Waals surface area (Å²) in [5.41, 5.74) is 1.08. The molecule has 0 atom stereocenters. The van der Waals surface area contributed by atoms with E-state index in [-0.39, 0.29) is 11.1 Å². The smallest absolute Gasteiger partial charge is 0.407 e. The van der Waals surface area contributed by atoms with Crippen molar-refractivity contribution < 1.29 is 9.21 Å². The molecule has 0 unspecified atom stereocenters. The molecule has 2 rings (SSSR count). The molecule has 0 radical (unpaired) electrons. The third-order valence-corrected chi connectivity index (χ3v) is 2.23. The Balaban J connectivity index is 3.02. The topological polar surface area (TPSA) is 52.2 Å².